The fourth-order valence-corrected chi connectivity index (χ4v) is 8.72. The third-order valence-electron chi connectivity index (χ3n) is 11.2. The molecule has 1 unspecified atom stereocenters. The fourth-order valence-electron chi connectivity index (χ4n) is 8.72. The van der Waals surface area contributed by atoms with E-state index in [0.717, 1.165) is 23.5 Å². The summed E-state index contributed by atoms with van der Waals surface area (Å²) >= 11 is 0. The van der Waals surface area contributed by atoms with Crippen molar-refractivity contribution in [2.45, 2.75) is 19.3 Å². The van der Waals surface area contributed by atoms with Gasteiger partial charge in [-0.1, -0.05) is 158 Å². The third kappa shape index (κ3) is 5.49. The zero-order valence-corrected chi connectivity index (χ0v) is 30.3. The van der Waals surface area contributed by atoms with Gasteiger partial charge in [0, 0.05) is 23.0 Å². The molecule has 1 aliphatic carbocycles. The van der Waals surface area contributed by atoms with Crippen LogP contribution in [0.25, 0.3) is 65.3 Å². The van der Waals surface area contributed by atoms with E-state index in [2.05, 4.69) is 212 Å². The number of allylic oxidation sites excluding steroid dienone is 4. The van der Waals surface area contributed by atoms with E-state index in [0.29, 0.717) is 0 Å². The highest BCUT2D eigenvalue weighted by Gasteiger charge is 2.25. The van der Waals surface area contributed by atoms with Gasteiger partial charge in [0.05, 0.1) is 0 Å². The summed E-state index contributed by atoms with van der Waals surface area (Å²) < 4.78 is 0. The van der Waals surface area contributed by atoms with Gasteiger partial charge >= 0.3 is 0 Å². The predicted octanol–water partition coefficient (Wildman–Crippen LogP) is 15.0. The van der Waals surface area contributed by atoms with E-state index in [9.17, 15) is 0 Å². The van der Waals surface area contributed by atoms with Crippen LogP contribution < -0.4 is 4.90 Å². The van der Waals surface area contributed by atoms with Gasteiger partial charge in [-0.05, 0) is 132 Å². The van der Waals surface area contributed by atoms with Crippen molar-refractivity contribution in [1.29, 1.82) is 0 Å². The Labute approximate surface area is 316 Å². The lowest BCUT2D eigenvalue weighted by Gasteiger charge is -2.28. The van der Waals surface area contributed by atoms with E-state index in [4.69, 9.17) is 0 Å². The molecule has 0 fully saturated rings. The largest absolute Gasteiger partial charge is 0.310 e. The molecule has 54 heavy (non-hydrogen) atoms. The second kappa shape index (κ2) is 13.4. The smallest absolute Gasteiger partial charge is 0.0468 e. The molecule has 0 aromatic heterocycles. The molecule has 0 spiro atoms. The molecule has 0 saturated heterocycles. The molecule has 0 aliphatic heterocycles. The summed E-state index contributed by atoms with van der Waals surface area (Å²) in [6.07, 6.45) is 10.1. The maximum absolute atomic E-state index is 2.47. The Kier molecular flexibility index (Phi) is 7.92. The van der Waals surface area contributed by atoms with Gasteiger partial charge in [-0.2, -0.15) is 0 Å². The maximum Gasteiger partial charge on any atom is 0.0468 e. The number of anilines is 3. The van der Waals surface area contributed by atoms with Crippen molar-refractivity contribution in [3.05, 3.63) is 211 Å². The molecule has 0 amide bonds. The average molecular weight is 690 g/mol. The standard InChI is InChI=1S/C53H39N/c1-36-16-15-25-42(32-36)54(43-29-28-37-17-11-12-24-41(37)33-43)44-30-31-47-50(34-44)45-26-13-14-27-46(45)52-49(39-20-7-3-8-21-39)35-48(38-18-5-2-6-19-38)51(53(47)52)40-22-9-4-10-23-40/h2-22,24-35,40H,23H2,1H3. The van der Waals surface area contributed by atoms with Crippen LogP contribution in [-0.4, -0.2) is 0 Å². The summed E-state index contributed by atoms with van der Waals surface area (Å²) in [6.45, 7) is 2.17. The molecule has 1 nitrogen and oxygen atoms in total. The Morgan fingerprint density at radius 2 is 1.09 bits per heavy atom. The Bertz CT molecular complexity index is 2920. The third-order valence-corrected chi connectivity index (χ3v) is 11.2. The first-order valence-corrected chi connectivity index (χ1v) is 19.0. The molecule has 0 saturated carbocycles. The highest BCUT2D eigenvalue weighted by Crippen LogP contribution is 2.50. The number of nitrogens with zero attached hydrogens (tertiary/aromatic N) is 1. The summed E-state index contributed by atoms with van der Waals surface area (Å²) in [7, 11) is 0. The quantitative estimate of drug-likeness (QED) is 0.157. The summed E-state index contributed by atoms with van der Waals surface area (Å²) in [5, 5.41) is 10.2. The van der Waals surface area contributed by atoms with Gasteiger partial charge in [0.15, 0.2) is 0 Å². The zero-order valence-electron chi connectivity index (χ0n) is 30.3. The molecule has 0 heterocycles. The van der Waals surface area contributed by atoms with Crippen LogP contribution in [0.4, 0.5) is 17.1 Å². The SMILES string of the molecule is Cc1cccc(N(c2ccc3ccccc3c2)c2ccc3c(c2)c2ccccc2c2c(-c4ccccc4)cc(-c4ccccc4)c(C4C=CC=CC4)c32)c1. The molecule has 10 rings (SSSR count). The van der Waals surface area contributed by atoms with Crippen molar-refractivity contribution in [2.24, 2.45) is 0 Å². The first-order chi connectivity index (χ1) is 26.7. The van der Waals surface area contributed by atoms with Gasteiger partial charge in [0.1, 0.15) is 0 Å². The van der Waals surface area contributed by atoms with Crippen LogP contribution in [0.3, 0.4) is 0 Å². The molecular formula is C53H39N. The number of hydrogen-bond acceptors (Lipinski definition) is 1. The van der Waals surface area contributed by atoms with E-state index in [1.54, 1.807) is 0 Å². The van der Waals surface area contributed by atoms with Gasteiger partial charge < -0.3 is 4.90 Å². The summed E-state index contributed by atoms with van der Waals surface area (Å²) in [5.41, 5.74) is 11.1. The summed E-state index contributed by atoms with van der Waals surface area (Å²) in [5.74, 6) is 0.239. The molecule has 0 radical (unpaired) electrons. The average Bonchev–Trinajstić information content (AvgIpc) is 3.24. The molecule has 1 heteroatoms. The summed E-state index contributed by atoms with van der Waals surface area (Å²) in [4.78, 5) is 2.42. The molecule has 256 valence electrons. The van der Waals surface area contributed by atoms with Crippen LogP contribution >= 0.6 is 0 Å². The minimum absolute atomic E-state index is 0.239. The molecule has 9 aromatic carbocycles. The topological polar surface area (TPSA) is 3.24 Å². The Morgan fingerprint density at radius 1 is 0.444 bits per heavy atom. The lowest BCUT2D eigenvalue weighted by atomic mass is 9.78. The van der Waals surface area contributed by atoms with E-state index < -0.39 is 0 Å². The van der Waals surface area contributed by atoms with Crippen molar-refractivity contribution >= 4 is 60.2 Å². The van der Waals surface area contributed by atoms with Gasteiger partial charge in [-0.25, -0.2) is 0 Å². The molecule has 9 aromatic rings. The van der Waals surface area contributed by atoms with Crippen molar-refractivity contribution < 1.29 is 0 Å². The van der Waals surface area contributed by atoms with E-state index in [-0.39, 0.29) is 5.92 Å². The molecule has 0 bridgehead atoms. The van der Waals surface area contributed by atoms with Crippen LogP contribution in [0.5, 0.6) is 0 Å². The van der Waals surface area contributed by atoms with Crippen LogP contribution in [0.15, 0.2) is 200 Å². The van der Waals surface area contributed by atoms with Gasteiger partial charge in [-0.3, -0.25) is 0 Å². The van der Waals surface area contributed by atoms with Gasteiger partial charge in [0.2, 0.25) is 0 Å². The number of hydrogen-bond donors (Lipinski definition) is 0. The summed E-state index contributed by atoms with van der Waals surface area (Å²) in [6, 6.07) is 64.9. The highest BCUT2D eigenvalue weighted by molar-refractivity contribution is 6.30. The van der Waals surface area contributed by atoms with Crippen molar-refractivity contribution in [1.82, 2.24) is 0 Å². The second-order valence-electron chi connectivity index (χ2n) is 14.5. The van der Waals surface area contributed by atoms with Crippen LogP contribution in [0.1, 0.15) is 23.5 Å². The first-order valence-electron chi connectivity index (χ1n) is 19.0. The second-order valence-corrected chi connectivity index (χ2v) is 14.5. The van der Waals surface area contributed by atoms with Crippen molar-refractivity contribution in [2.75, 3.05) is 4.90 Å². The Morgan fingerprint density at radius 3 is 1.85 bits per heavy atom. The zero-order chi connectivity index (χ0) is 36.0. The normalized spacial score (nSPS) is 14.0. The van der Waals surface area contributed by atoms with Gasteiger partial charge in [-0.15, -0.1) is 0 Å². The number of fused-ring (bicyclic) bond motifs is 7. The van der Waals surface area contributed by atoms with Crippen molar-refractivity contribution in [3.8, 4) is 22.3 Å². The van der Waals surface area contributed by atoms with Crippen molar-refractivity contribution in [3.63, 3.8) is 0 Å². The molecule has 1 aliphatic rings. The lowest BCUT2D eigenvalue weighted by molar-refractivity contribution is 0.865. The van der Waals surface area contributed by atoms with E-state index >= 15 is 0 Å². The molecular weight excluding hydrogens is 651 g/mol. The molecule has 1 atom stereocenters. The Hall–Kier alpha value is -6.70. The van der Waals surface area contributed by atoms with Gasteiger partial charge in [0.25, 0.3) is 0 Å². The predicted molar refractivity (Wildman–Crippen MR) is 232 cm³/mol. The monoisotopic (exact) mass is 689 g/mol. The number of benzene rings is 9. The maximum atomic E-state index is 2.47. The minimum atomic E-state index is 0.239. The lowest BCUT2D eigenvalue weighted by Crippen LogP contribution is -2.10. The Balaban J connectivity index is 1.34. The number of rotatable bonds is 6. The van der Waals surface area contributed by atoms with Crippen LogP contribution in [0, 0.1) is 6.92 Å². The highest BCUT2D eigenvalue weighted by atomic mass is 15.1. The van der Waals surface area contributed by atoms with Crippen LogP contribution in [0.2, 0.25) is 0 Å². The molecule has 0 N–H and O–H groups in total. The first kappa shape index (κ1) is 32.0. The van der Waals surface area contributed by atoms with E-state index in [1.165, 1.54) is 76.5 Å². The van der Waals surface area contributed by atoms with E-state index in [1.807, 2.05) is 0 Å². The van der Waals surface area contributed by atoms with Crippen LogP contribution in [-0.2, 0) is 0 Å². The number of aryl methyl sites for hydroxylation is 1. The fraction of sp³-hybridized carbons (Fsp3) is 0.0566. The minimum Gasteiger partial charge on any atom is -0.310 e.